The molecule has 8 heteroatoms. The maximum absolute atomic E-state index is 11.9. The Bertz CT molecular complexity index is 549. The van der Waals surface area contributed by atoms with Gasteiger partial charge in [-0.2, -0.15) is 0 Å². The molecule has 0 saturated carbocycles. The average Bonchev–Trinajstić information content (AvgIpc) is 2.70. The molecule has 1 amide bonds. The lowest BCUT2D eigenvalue weighted by atomic mass is 10.1. The van der Waals surface area contributed by atoms with Crippen LogP contribution in [0.15, 0.2) is 12.1 Å². The summed E-state index contributed by atoms with van der Waals surface area (Å²) < 4.78 is 0. The van der Waals surface area contributed by atoms with Crippen molar-refractivity contribution >= 4 is 34.6 Å². The van der Waals surface area contributed by atoms with Gasteiger partial charge in [-0.15, -0.1) is 0 Å². The molecule has 4 N–H and O–H groups in total. The Morgan fingerprint density at radius 1 is 1.53 bits per heavy atom. The average molecular weight is 285 g/mol. The molecule has 1 fully saturated rings. The number of anilines is 2. The van der Waals surface area contributed by atoms with E-state index in [0.29, 0.717) is 25.2 Å². The Kier molecular flexibility index (Phi) is 3.59. The van der Waals surface area contributed by atoms with Gasteiger partial charge in [-0.25, -0.2) is 0 Å². The van der Waals surface area contributed by atoms with Crippen molar-refractivity contribution in [3.63, 3.8) is 0 Å². The summed E-state index contributed by atoms with van der Waals surface area (Å²) in [5.41, 5.74) is 11.6. The van der Waals surface area contributed by atoms with E-state index in [4.69, 9.17) is 23.1 Å². The fourth-order valence-corrected chi connectivity index (χ4v) is 2.35. The van der Waals surface area contributed by atoms with Crippen molar-refractivity contribution in [2.24, 2.45) is 11.7 Å². The summed E-state index contributed by atoms with van der Waals surface area (Å²) in [7, 11) is 0. The Morgan fingerprint density at radius 3 is 2.74 bits per heavy atom. The lowest BCUT2D eigenvalue weighted by Crippen LogP contribution is -2.26. The highest BCUT2D eigenvalue weighted by atomic mass is 35.5. The van der Waals surface area contributed by atoms with Gasteiger partial charge >= 0.3 is 0 Å². The topological polar surface area (TPSA) is 115 Å². The van der Waals surface area contributed by atoms with Crippen molar-refractivity contribution in [2.45, 2.75) is 6.42 Å². The molecule has 0 spiro atoms. The summed E-state index contributed by atoms with van der Waals surface area (Å²) in [5.74, 6) is -0.0968. The number of amides is 1. The standard InChI is InChI=1S/C11H13ClN4O3/c12-7-2-8(14)10(3-9(7)16(18)19)15-5-6(4-13)1-11(15)17/h2-3,6H,1,4-5,13-14H2. The Hall–Kier alpha value is -1.86. The van der Waals surface area contributed by atoms with Crippen molar-refractivity contribution in [3.05, 3.63) is 27.3 Å². The minimum Gasteiger partial charge on any atom is -0.397 e. The zero-order chi connectivity index (χ0) is 14.2. The molecular formula is C11H13ClN4O3. The van der Waals surface area contributed by atoms with Crippen LogP contribution in [0.1, 0.15) is 6.42 Å². The van der Waals surface area contributed by atoms with E-state index in [9.17, 15) is 14.9 Å². The zero-order valence-corrected chi connectivity index (χ0v) is 10.8. The van der Waals surface area contributed by atoms with Crippen LogP contribution in [-0.2, 0) is 4.79 Å². The maximum atomic E-state index is 11.9. The van der Waals surface area contributed by atoms with E-state index in [2.05, 4.69) is 0 Å². The van der Waals surface area contributed by atoms with E-state index < -0.39 is 4.92 Å². The fourth-order valence-electron chi connectivity index (χ4n) is 2.11. The van der Waals surface area contributed by atoms with Crippen LogP contribution in [0.4, 0.5) is 17.1 Å². The van der Waals surface area contributed by atoms with E-state index in [1.54, 1.807) is 0 Å². The minimum atomic E-state index is -0.605. The third-order valence-corrected chi connectivity index (χ3v) is 3.42. The number of benzene rings is 1. The third kappa shape index (κ3) is 2.47. The lowest BCUT2D eigenvalue weighted by Gasteiger charge is -2.18. The first-order valence-corrected chi connectivity index (χ1v) is 6.05. The molecule has 1 aromatic carbocycles. The van der Waals surface area contributed by atoms with Gasteiger partial charge in [0.25, 0.3) is 5.69 Å². The molecule has 19 heavy (non-hydrogen) atoms. The summed E-state index contributed by atoms with van der Waals surface area (Å²) in [6.45, 7) is 0.802. The summed E-state index contributed by atoms with van der Waals surface area (Å²) in [6.07, 6.45) is 0.326. The van der Waals surface area contributed by atoms with Gasteiger partial charge in [0, 0.05) is 19.0 Å². The number of rotatable bonds is 3. The Balaban J connectivity index is 2.42. The Morgan fingerprint density at radius 2 is 2.21 bits per heavy atom. The van der Waals surface area contributed by atoms with Gasteiger partial charge in [-0.3, -0.25) is 14.9 Å². The molecular weight excluding hydrogens is 272 g/mol. The van der Waals surface area contributed by atoms with Gasteiger partial charge in [0.05, 0.1) is 16.3 Å². The number of carbonyl (C=O) groups is 1. The van der Waals surface area contributed by atoms with E-state index in [0.717, 1.165) is 0 Å². The molecule has 1 aliphatic heterocycles. The number of nitro groups is 1. The van der Waals surface area contributed by atoms with Crippen LogP contribution in [0.25, 0.3) is 0 Å². The number of nitro benzene ring substituents is 1. The predicted molar refractivity (Wildman–Crippen MR) is 72.0 cm³/mol. The summed E-state index contributed by atoms with van der Waals surface area (Å²) >= 11 is 5.75. The van der Waals surface area contributed by atoms with Crippen LogP contribution in [0.5, 0.6) is 0 Å². The summed E-state index contributed by atoms with van der Waals surface area (Å²) in [5, 5.41) is 10.8. The number of nitrogens with two attached hydrogens (primary N) is 2. The molecule has 1 aromatic rings. The van der Waals surface area contributed by atoms with Crippen molar-refractivity contribution in [1.82, 2.24) is 0 Å². The molecule has 1 aliphatic rings. The molecule has 0 aliphatic carbocycles. The third-order valence-electron chi connectivity index (χ3n) is 3.12. The zero-order valence-electron chi connectivity index (χ0n) is 10.0. The van der Waals surface area contributed by atoms with Crippen LogP contribution in [0, 0.1) is 16.0 Å². The Labute approximate surface area is 114 Å². The van der Waals surface area contributed by atoms with Crippen LogP contribution < -0.4 is 16.4 Å². The van der Waals surface area contributed by atoms with Crippen LogP contribution in [-0.4, -0.2) is 23.9 Å². The number of nitrogens with zero attached hydrogens (tertiary/aromatic N) is 2. The maximum Gasteiger partial charge on any atom is 0.290 e. The lowest BCUT2D eigenvalue weighted by molar-refractivity contribution is -0.384. The van der Waals surface area contributed by atoms with Crippen molar-refractivity contribution in [2.75, 3.05) is 23.7 Å². The number of hydrogen-bond acceptors (Lipinski definition) is 5. The van der Waals surface area contributed by atoms with E-state index in [1.807, 2.05) is 0 Å². The molecule has 1 saturated heterocycles. The minimum absolute atomic E-state index is 0.0432. The van der Waals surface area contributed by atoms with Gasteiger partial charge in [0.15, 0.2) is 0 Å². The molecule has 0 aromatic heterocycles. The largest absolute Gasteiger partial charge is 0.397 e. The smallest absolute Gasteiger partial charge is 0.290 e. The molecule has 102 valence electrons. The molecule has 1 heterocycles. The van der Waals surface area contributed by atoms with Gasteiger partial charge in [0.2, 0.25) is 5.91 Å². The first kappa shape index (κ1) is 13.6. The number of halogens is 1. The fraction of sp³-hybridized carbons (Fsp3) is 0.364. The second-order valence-electron chi connectivity index (χ2n) is 4.43. The number of carbonyl (C=O) groups excluding carboxylic acids is 1. The first-order valence-electron chi connectivity index (χ1n) is 5.68. The highest BCUT2D eigenvalue weighted by Crippen LogP contribution is 2.37. The molecule has 1 atom stereocenters. The van der Waals surface area contributed by atoms with Gasteiger partial charge in [-0.05, 0) is 18.5 Å². The normalized spacial score (nSPS) is 18.9. The van der Waals surface area contributed by atoms with Gasteiger partial charge in [0.1, 0.15) is 5.02 Å². The SMILES string of the molecule is NCC1CC(=O)N(c2cc([N+](=O)[O-])c(Cl)cc2N)C1. The van der Waals surface area contributed by atoms with Crippen molar-refractivity contribution in [1.29, 1.82) is 0 Å². The molecule has 2 rings (SSSR count). The predicted octanol–water partition coefficient (Wildman–Crippen LogP) is 1.14. The van der Waals surface area contributed by atoms with E-state index >= 15 is 0 Å². The van der Waals surface area contributed by atoms with Crippen molar-refractivity contribution in [3.8, 4) is 0 Å². The molecule has 0 bridgehead atoms. The highest BCUT2D eigenvalue weighted by Gasteiger charge is 2.32. The van der Waals surface area contributed by atoms with Crippen molar-refractivity contribution < 1.29 is 9.72 Å². The van der Waals surface area contributed by atoms with E-state index in [1.165, 1.54) is 17.0 Å². The van der Waals surface area contributed by atoms with Gasteiger partial charge in [-0.1, -0.05) is 11.6 Å². The first-order chi connectivity index (χ1) is 8.93. The van der Waals surface area contributed by atoms with Crippen LogP contribution >= 0.6 is 11.6 Å². The molecule has 0 radical (unpaired) electrons. The second-order valence-corrected chi connectivity index (χ2v) is 4.84. The molecule has 7 nitrogen and oxygen atoms in total. The quantitative estimate of drug-likeness (QED) is 0.490. The number of nitrogen functional groups attached to an aromatic ring is 1. The second kappa shape index (κ2) is 5.02. The summed E-state index contributed by atoms with van der Waals surface area (Å²) in [4.78, 5) is 23.6. The van der Waals surface area contributed by atoms with Crippen LogP contribution in [0.2, 0.25) is 5.02 Å². The number of hydrogen-bond donors (Lipinski definition) is 2. The van der Waals surface area contributed by atoms with Gasteiger partial charge < -0.3 is 16.4 Å². The summed E-state index contributed by atoms with van der Waals surface area (Å²) in [6, 6.07) is 2.52. The van der Waals surface area contributed by atoms with E-state index in [-0.39, 0.29) is 28.2 Å². The molecule has 1 unspecified atom stereocenters. The highest BCUT2D eigenvalue weighted by molar-refractivity contribution is 6.33. The van der Waals surface area contributed by atoms with Crippen LogP contribution in [0.3, 0.4) is 0 Å². The monoisotopic (exact) mass is 284 g/mol.